The Morgan fingerprint density at radius 2 is 2.03 bits per heavy atom. The Balaban J connectivity index is 1.73. The maximum Gasteiger partial charge on any atom is 0.170 e. The molecule has 4 rings (SSSR count). The Labute approximate surface area is 181 Å². The van der Waals surface area contributed by atoms with Gasteiger partial charge in [-0.2, -0.15) is 0 Å². The maximum atomic E-state index is 6.37. The van der Waals surface area contributed by atoms with Gasteiger partial charge in [-0.3, -0.25) is 4.98 Å². The molecule has 6 heteroatoms. The van der Waals surface area contributed by atoms with E-state index in [2.05, 4.69) is 22.1 Å². The third kappa shape index (κ3) is 3.89. The summed E-state index contributed by atoms with van der Waals surface area (Å²) in [6.07, 6.45) is 3.98. The fourth-order valence-electron chi connectivity index (χ4n) is 3.81. The van der Waals surface area contributed by atoms with Crippen LogP contribution in [0.3, 0.4) is 0 Å². The van der Waals surface area contributed by atoms with Gasteiger partial charge in [-0.1, -0.05) is 43.1 Å². The highest BCUT2D eigenvalue weighted by Gasteiger charge is 2.41. The molecule has 3 aromatic rings. The van der Waals surface area contributed by atoms with Crippen LogP contribution in [0.2, 0.25) is 5.02 Å². The van der Waals surface area contributed by atoms with Crippen molar-refractivity contribution < 1.29 is 4.42 Å². The first-order valence-corrected chi connectivity index (χ1v) is 10.7. The highest BCUT2D eigenvalue weighted by Crippen LogP contribution is 2.41. The molecule has 0 unspecified atom stereocenters. The first-order valence-electron chi connectivity index (χ1n) is 9.93. The van der Waals surface area contributed by atoms with E-state index in [1.807, 2.05) is 61.7 Å². The van der Waals surface area contributed by atoms with Gasteiger partial charge in [0, 0.05) is 23.3 Å². The first-order chi connectivity index (χ1) is 14.1. The van der Waals surface area contributed by atoms with Crippen LogP contribution in [0.15, 0.2) is 59.1 Å². The molecule has 1 aliphatic rings. The molecular weight excluding hydrogens is 402 g/mol. The van der Waals surface area contributed by atoms with Crippen molar-refractivity contribution >= 4 is 28.9 Å². The molecule has 2 atom stereocenters. The number of pyridine rings is 1. The number of furan rings is 1. The third-order valence-corrected chi connectivity index (χ3v) is 6.16. The van der Waals surface area contributed by atoms with E-state index in [1.54, 1.807) is 0 Å². The Hall–Kier alpha value is -2.37. The molecular formula is C23H24ClN3OS. The molecule has 1 N–H and O–H groups in total. The van der Waals surface area contributed by atoms with Crippen molar-refractivity contribution in [2.45, 2.75) is 38.8 Å². The second-order valence-electron chi connectivity index (χ2n) is 7.29. The van der Waals surface area contributed by atoms with E-state index >= 15 is 0 Å². The average Bonchev–Trinajstić information content (AvgIpc) is 3.33. The number of hydrogen-bond acceptors (Lipinski definition) is 3. The molecule has 0 bridgehead atoms. The predicted molar refractivity (Wildman–Crippen MR) is 121 cm³/mol. The highest BCUT2D eigenvalue weighted by molar-refractivity contribution is 7.80. The molecule has 29 heavy (non-hydrogen) atoms. The lowest BCUT2D eigenvalue weighted by atomic mass is 10.0. The highest BCUT2D eigenvalue weighted by atomic mass is 35.5. The van der Waals surface area contributed by atoms with Gasteiger partial charge in [0.1, 0.15) is 17.6 Å². The summed E-state index contributed by atoms with van der Waals surface area (Å²) in [5.74, 6) is 1.69. The maximum absolute atomic E-state index is 6.37. The van der Waals surface area contributed by atoms with E-state index in [0.29, 0.717) is 0 Å². The van der Waals surface area contributed by atoms with Gasteiger partial charge < -0.3 is 14.6 Å². The summed E-state index contributed by atoms with van der Waals surface area (Å²) in [7, 11) is 0. The number of nitrogens with one attached hydrogen (secondary N) is 1. The van der Waals surface area contributed by atoms with Gasteiger partial charge in [0.2, 0.25) is 0 Å². The fourth-order valence-corrected chi connectivity index (χ4v) is 4.32. The summed E-state index contributed by atoms with van der Waals surface area (Å²) in [5, 5.41) is 4.94. The SMILES string of the molecule is CCCCN1C(=S)N[C@@H](c2ccccn2)[C@@H]1c1ccc(-c2cccc(Cl)c2C)o1. The molecule has 3 heterocycles. The lowest BCUT2D eigenvalue weighted by molar-refractivity contribution is 0.271. The minimum atomic E-state index is -0.0555. The smallest absolute Gasteiger partial charge is 0.170 e. The number of halogens is 1. The molecule has 1 aliphatic heterocycles. The number of rotatable bonds is 6. The van der Waals surface area contributed by atoms with Crippen molar-refractivity contribution in [2.24, 2.45) is 0 Å². The Bertz CT molecular complexity index is 1000. The van der Waals surface area contributed by atoms with Crippen LogP contribution in [0, 0.1) is 6.92 Å². The molecule has 150 valence electrons. The lowest BCUT2D eigenvalue weighted by Gasteiger charge is -2.25. The second kappa shape index (κ2) is 8.56. The van der Waals surface area contributed by atoms with Crippen molar-refractivity contribution in [2.75, 3.05) is 6.54 Å². The summed E-state index contributed by atoms with van der Waals surface area (Å²) in [6, 6.07) is 15.8. The van der Waals surface area contributed by atoms with E-state index < -0.39 is 0 Å². The fraction of sp³-hybridized carbons (Fsp3) is 0.304. The van der Waals surface area contributed by atoms with Crippen molar-refractivity contribution in [3.63, 3.8) is 0 Å². The van der Waals surface area contributed by atoms with Crippen LogP contribution >= 0.6 is 23.8 Å². The van der Waals surface area contributed by atoms with E-state index in [4.69, 9.17) is 28.2 Å². The van der Waals surface area contributed by atoms with Crippen molar-refractivity contribution in [3.8, 4) is 11.3 Å². The van der Waals surface area contributed by atoms with Gasteiger partial charge in [0.15, 0.2) is 5.11 Å². The van der Waals surface area contributed by atoms with Crippen molar-refractivity contribution in [1.29, 1.82) is 0 Å². The largest absolute Gasteiger partial charge is 0.459 e. The zero-order chi connectivity index (χ0) is 20.4. The molecule has 0 radical (unpaired) electrons. The average molecular weight is 426 g/mol. The minimum absolute atomic E-state index is 0.0443. The van der Waals surface area contributed by atoms with Crippen LogP contribution < -0.4 is 5.32 Å². The van der Waals surface area contributed by atoms with Crippen LogP contribution in [0.1, 0.15) is 48.9 Å². The molecule has 0 amide bonds. The Morgan fingerprint density at radius 1 is 1.17 bits per heavy atom. The van der Waals surface area contributed by atoms with Crippen LogP contribution in [-0.2, 0) is 0 Å². The van der Waals surface area contributed by atoms with E-state index in [9.17, 15) is 0 Å². The summed E-state index contributed by atoms with van der Waals surface area (Å²) in [4.78, 5) is 6.80. The molecule has 1 fully saturated rings. The molecule has 0 aliphatic carbocycles. The van der Waals surface area contributed by atoms with Crippen LogP contribution in [0.4, 0.5) is 0 Å². The van der Waals surface area contributed by atoms with Gasteiger partial charge in [-0.25, -0.2) is 0 Å². The van der Waals surface area contributed by atoms with Gasteiger partial charge in [-0.15, -0.1) is 0 Å². The van der Waals surface area contributed by atoms with Crippen molar-refractivity contribution in [1.82, 2.24) is 15.2 Å². The molecule has 2 aromatic heterocycles. The van der Waals surface area contributed by atoms with Gasteiger partial charge in [0.05, 0.1) is 11.7 Å². The predicted octanol–water partition coefficient (Wildman–Crippen LogP) is 6.08. The van der Waals surface area contributed by atoms with Crippen molar-refractivity contribution in [3.05, 3.63) is 76.8 Å². The van der Waals surface area contributed by atoms with Crippen LogP contribution in [-0.4, -0.2) is 21.5 Å². The summed E-state index contributed by atoms with van der Waals surface area (Å²) in [6.45, 7) is 5.07. The first kappa shape index (κ1) is 19.9. The van der Waals surface area contributed by atoms with Gasteiger partial charge in [0.25, 0.3) is 0 Å². The summed E-state index contributed by atoms with van der Waals surface area (Å²) >= 11 is 12.0. The quantitative estimate of drug-likeness (QED) is 0.485. The number of unbranched alkanes of at least 4 members (excludes halogenated alkanes) is 1. The minimum Gasteiger partial charge on any atom is -0.459 e. The Morgan fingerprint density at radius 3 is 2.79 bits per heavy atom. The number of aromatic nitrogens is 1. The van der Waals surface area contributed by atoms with E-state index in [-0.39, 0.29) is 12.1 Å². The Kier molecular flexibility index (Phi) is 5.88. The number of benzene rings is 1. The van der Waals surface area contributed by atoms with Gasteiger partial charge >= 0.3 is 0 Å². The zero-order valence-corrected chi connectivity index (χ0v) is 18.1. The monoisotopic (exact) mass is 425 g/mol. The summed E-state index contributed by atoms with van der Waals surface area (Å²) in [5.41, 5.74) is 2.97. The topological polar surface area (TPSA) is 41.3 Å². The van der Waals surface area contributed by atoms with Crippen LogP contribution in [0.25, 0.3) is 11.3 Å². The number of nitrogens with zero attached hydrogens (tertiary/aromatic N) is 2. The molecule has 0 spiro atoms. The van der Waals surface area contributed by atoms with E-state index in [1.165, 1.54) is 0 Å². The van der Waals surface area contributed by atoms with E-state index in [0.717, 1.165) is 57.9 Å². The molecule has 0 saturated carbocycles. The normalized spacial score (nSPS) is 18.9. The second-order valence-corrected chi connectivity index (χ2v) is 8.08. The standard InChI is InChI=1S/C23H24ClN3OS/c1-3-4-14-27-22(21(26-23(27)29)18-10-5-6-13-25-18)20-12-11-19(28-20)16-8-7-9-17(24)15(16)2/h5-13,21-22H,3-4,14H2,1-2H3,(H,26,29)/t21-,22-/m0/s1. The number of hydrogen-bond donors (Lipinski definition) is 1. The molecule has 1 aromatic carbocycles. The molecule has 1 saturated heterocycles. The number of thiocarbonyl (C=S) groups is 1. The lowest BCUT2D eigenvalue weighted by Crippen LogP contribution is -2.30. The zero-order valence-electron chi connectivity index (χ0n) is 16.6. The third-order valence-electron chi connectivity index (χ3n) is 5.40. The summed E-state index contributed by atoms with van der Waals surface area (Å²) < 4.78 is 6.37. The molecule has 4 nitrogen and oxygen atoms in total. The van der Waals surface area contributed by atoms with Gasteiger partial charge in [-0.05, 0) is 61.5 Å². The van der Waals surface area contributed by atoms with Crippen LogP contribution in [0.5, 0.6) is 0 Å².